The molecule has 3 heterocycles. The third-order valence-electron chi connectivity index (χ3n) is 3.02. The van der Waals surface area contributed by atoms with Crippen molar-refractivity contribution < 1.29 is 4.79 Å². The van der Waals surface area contributed by atoms with Gasteiger partial charge in [-0.3, -0.25) is 9.78 Å². The summed E-state index contributed by atoms with van der Waals surface area (Å²) in [5.74, 6) is -0.0677. The van der Waals surface area contributed by atoms with Gasteiger partial charge in [0.1, 0.15) is 16.9 Å². The molecule has 0 radical (unpaired) electrons. The summed E-state index contributed by atoms with van der Waals surface area (Å²) in [6, 6.07) is 5.60. The minimum Gasteiger partial charge on any atom is -0.349 e. The van der Waals surface area contributed by atoms with Gasteiger partial charge >= 0.3 is 0 Å². The second-order valence-electron chi connectivity index (χ2n) is 4.58. The molecule has 0 aliphatic rings. The summed E-state index contributed by atoms with van der Waals surface area (Å²) >= 11 is 1.37. The van der Waals surface area contributed by atoms with E-state index in [1.807, 2.05) is 25.1 Å². The molecule has 2 N–H and O–H groups in total. The molecule has 3 aromatic heterocycles. The van der Waals surface area contributed by atoms with Crippen LogP contribution in [0.25, 0.3) is 11.2 Å². The van der Waals surface area contributed by atoms with Gasteiger partial charge in [0.2, 0.25) is 5.91 Å². The highest BCUT2D eigenvalue weighted by Crippen LogP contribution is 2.25. The first-order valence-corrected chi connectivity index (χ1v) is 7.60. The van der Waals surface area contributed by atoms with Crippen LogP contribution in [-0.2, 0) is 11.3 Å². The number of fused-ring (bicyclic) bond motifs is 1. The molecule has 3 aromatic rings. The number of hydrogen-bond acceptors (Lipinski definition) is 6. The molecule has 1 unspecified atom stereocenters. The van der Waals surface area contributed by atoms with Gasteiger partial charge in [-0.05, 0) is 19.1 Å². The van der Waals surface area contributed by atoms with Crippen LogP contribution in [0, 0.1) is 0 Å². The Morgan fingerprint density at radius 1 is 1.32 bits per heavy atom. The molecule has 112 valence electrons. The van der Waals surface area contributed by atoms with Crippen molar-refractivity contribution in [3.63, 3.8) is 0 Å². The van der Waals surface area contributed by atoms with E-state index in [0.29, 0.717) is 17.2 Å². The van der Waals surface area contributed by atoms with E-state index in [2.05, 4.69) is 30.2 Å². The molecule has 0 bridgehead atoms. The van der Waals surface area contributed by atoms with Crippen LogP contribution in [0.4, 0.5) is 0 Å². The molecule has 8 heteroatoms. The number of H-pyrrole nitrogens is 1. The zero-order chi connectivity index (χ0) is 15.4. The molecule has 1 atom stereocenters. The Hall–Kier alpha value is -2.48. The fourth-order valence-electron chi connectivity index (χ4n) is 1.88. The van der Waals surface area contributed by atoms with Crippen LogP contribution in [0.1, 0.15) is 12.6 Å². The lowest BCUT2D eigenvalue weighted by Gasteiger charge is -2.11. The SMILES string of the molecule is CC(Sc1ncnc2nc[nH]c12)C(=O)NCc1ccccn1. The van der Waals surface area contributed by atoms with Gasteiger partial charge in [-0.2, -0.15) is 0 Å². The van der Waals surface area contributed by atoms with Gasteiger partial charge in [0.05, 0.1) is 23.8 Å². The summed E-state index contributed by atoms with van der Waals surface area (Å²) in [4.78, 5) is 31.7. The molecular weight excluding hydrogens is 300 g/mol. The lowest BCUT2D eigenvalue weighted by Crippen LogP contribution is -2.30. The van der Waals surface area contributed by atoms with Crippen molar-refractivity contribution in [3.05, 3.63) is 42.7 Å². The Balaban J connectivity index is 1.63. The zero-order valence-corrected chi connectivity index (χ0v) is 12.7. The maximum absolute atomic E-state index is 12.2. The average molecular weight is 314 g/mol. The molecule has 0 spiro atoms. The molecule has 1 amide bonds. The Morgan fingerprint density at radius 3 is 3.05 bits per heavy atom. The smallest absolute Gasteiger partial charge is 0.233 e. The Bertz CT molecular complexity index is 775. The number of aromatic amines is 1. The molecule has 0 saturated heterocycles. The minimum atomic E-state index is -0.287. The number of imidazole rings is 1. The molecule has 0 fully saturated rings. The molecule has 3 rings (SSSR count). The average Bonchev–Trinajstić information content (AvgIpc) is 3.03. The van der Waals surface area contributed by atoms with Crippen molar-refractivity contribution in [3.8, 4) is 0 Å². The van der Waals surface area contributed by atoms with E-state index < -0.39 is 0 Å². The normalized spacial score (nSPS) is 12.2. The van der Waals surface area contributed by atoms with E-state index in [1.54, 1.807) is 12.5 Å². The summed E-state index contributed by atoms with van der Waals surface area (Å²) in [7, 11) is 0. The van der Waals surface area contributed by atoms with Gasteiger partial charge in [-0.15, -0.1) is 0 Å². The number of pyridine rings is 1. The van der Waals surface area contributed by atoms with Crippen LogP contribution in [0.15, 0.2) is 42.1 Å². The van der Waals surface area contributed by atoms with Crippen LogP contribution >= 0.6 is 11.8 Å². The Kier molecular flexibility index (Phi) is 4.29. The quantitative estimate of drug-likeness (QED) is 0.548. The first kappa shape index (κ1) is 14.5. The highest BCUT2D eigenvalue weighted by Gasteiger charge is 2.17. The topological polar surface area (TPSA) is 96.5 Å². The van der Waals surface area contributed by atoms with Gasteiger partial charge < -0.3 is 10.3 Å². The van der Waals surface area contributed by atoms with Gasteiger partial charge in [0, 0.05) is 6.20 Å². The summed E-state index contributed by atoms with van der Waals surface area (Å²) in [6.45, 7) is 2.25. The number of nitrogens with one attached hydrogen (secondary N) is 2. The van der Waals surface area contributed by atoms with E-state index in [4.69, 9.17) is 0 Å². The lowest BCUT2D eigenvalue weighted by molar-refractivity contribution is -0.120. The van der Waals surface area contributed by atoms with Crippen LogP contribution in [0.5, 0.6) is 0 Å². The fraction of sp³-hybridized carbons (Fsp3) is 0.214. The summed E-state index contributed by atoms with van der Waals surface area (Å²) < 4.78 is 0. The van der Waals surface area contributed by atoms with E-state index in [-0.39, 0.29) is 11.2 Å². The van der Waals surface area contributed by atoms with Gasteiger partial charge in [-0.1, -0.05) is 17.8 Å². The molecule has 0 aromatic carbocycles. The van der Waals surface area contributed by atoms with Crippen molar-refractivity contribution in [1.82, 2.24) is 30.2 Å². The maximum Gasteiger partial charge on any atom is 0.233 e. The van der Waals surface area contributed by atoms with E-state index in [1.165, 1.54) is 18.1 Å². The summed E-state index contributed by atoms with van der Waals surface area (Å²) in [5.41, 5.74) is 2.17. The lowest BCUT2D eigenvalue weighted by atomic mass is 10.3. The largest absolute Gasteiger partial charge is 0.349 e. The van der Waals surface area contributed by atoms with Crippen LogP contribution in [0.3, 0.4) is 0 Å². The number of carbonyl (C=O) groups excluding carboxylic acids is 1. The number of nitrogens with zero attached hydrogens (tertiary/aromatic N) is 4. The fourth-order valence-corrected chi connectivity index (χ4v) is 2.78. The monoisotopic (exact) mass is 314 g/mol. The number of amides is 1. The summed E-state index contributed by atoms with van der Waals surface area (Å²) in [5, 5.41) is 3.29. The minimum absolute atomic E-state index is 0.0677. The molecule has 7 nitrogen and oxygen atoms in total. The number of carbonyl (C=O) groups is 1. The van der Waals surface area contributed by atoms with Crippen LogP contribution < -0.4 is 5.32 Å². The first-order chi connectivity index (χ1) is 10.7. The van der Waals surface area contributed by atoms with Crippen LogP contribution in [-0.4, -0.2) is 36.1 Å². The van der Waals surface area contributed by atoms with Crippen molar-refractivity contribution in [2.45, 2.75) is 23.7 Å². The third kappa shape index (κ3) is 3.22. The maximum atomic E-state index is 12.2. The Labute approximate surface area is 131 Å². The highest BCUT2D eigenvalue weighted by molar-refractivity contribution is 8.00. The predicted octanol–water partition coefficient (Wildman–Crippen LogP) is 1.54. The molecule has 0 saturated carbocycles. The van der Waals surface area contributed by atoms with Gasteiger partial charge in [-0.25, -0.2) is 15.0 Å². The van der Waals surface area contributed by atoms with Crippen molar-refractivity contribution in [2.75, 3.05) is 0 Å². The van der Waals surface area contributed by atoms with Crippen molar-refractivity contribution >= 4 is 28.8 Å². The molecule has 0 aliphatic heterocycles. The number of rotatable bonds is 5. The summed E-state index contributed by atoms with van der Waals surface area (Å²) in [6.07, 6.45) is 4.72. The number of aromatic nitrogens is 5. The zero-order valence-electron chi connectivity index (χ0n) is 11.9. The second kappa shape index (κ2) is 6.52. The molecule has 0 aliphatic carbocycles. The van der Waals surface area contributed by atoms with Gasteiger partial charge in [0.25, 0.3) is 0 Å². The second-order valence-corrected chi connectivity index (χ2v) is 5.91. The highest BCUT2D eigenvalue weighted by atomic mass is 32.2. The predicted molar refractivity (Wildman–Crippen MR) is 83.1 cm³/mol. The number of thioether (sulfide) groups is 1. The third-order valence-corrected chi connectivity index (χ3v) is 4.12. The van der Waals surface area contributed by atoms with Gasteiger partial charge in [0.15, 0.2) is 5.65 Å². The molecular formula is C14H14N6OS. The number of hydrogen-bond donors (Lipinski definition) is 2. The van der Waals surface area contributed by atoms with E-state index in [0.717, 1.165) is 11.2 Å². The standard InChI is InChI=1S/C14H14N6OS/c1-9(13(21)16-6-10-4-2-3-5-15-10)22-14-11-12(18-7-17-11)19-8-20-14/h2-5,7-9H,6H2,1H3,(H,16,21)(H,17,18,19,20). The van der Waals surface area contributed by atoms with E-state index in [9.17, 15) is 4.79 Å². The van der Waals surface area contributed by atoms with Crippen LogP contribution in [0.2, 0.25) is 0 Å². The van der Waals surface area contributed by atoms with Crippen molar-refractivity contribution in [2.24, 2.45) is 0 Å². The van der Waals surface area contributed by atoms with Crippen molar-refractivity contribution in [1.29, 1.82) is 0 Å². The molecule has 22 heavy (non-hydrogen) atoms. The first-order valence-electron chi connectivity index (χ1n) is 6.72. The van der Waals surface area contributed by atoms with E-state index >= 15 is 0 Å². The Morgan fingerprint density at radius 2 is 2.23 bits per heavy atom.